The zero-order valence-electron chi connectivity index (χ0n) is 8.22. The van der Waals surface area contributed by atoms with Crippen LogP contribution in [0.2, 0.25) is 0 Å². The van der Waals surface area contributed by atoms with E-state index in [-0.39, 0.29) is 17.2 Å². The topological polar surface area (TPSA) is 107 Å². The van der Waals surface area contributed by atoms with Crippen molar-refractivity contribution in [3.05, 3.63) is 22.1 Å². The quantitative estimate of drug-likeness (QED) is 0.459. The first-order valence-corrected chi connectivity index (χ1v) is 4.40. The summed E-state index contributed by atoms with van der Waals surface area (Å²) in [5.41, 5.74) is -0.190. The van der Waals surface area contributed by atoms with E-state index in [1.54, 1.807) is 0 Å². The highest BCUT2D eigenvalue weighted by Gasteiger charge is 2.06. The molecule has 0 saturated carbocycles. The molecule has 0 aliphatic carbocycles. The number of hydrogen-bond acceptors (Lipinski definition) is 3. The van der Waals surface area contributed by atoms with Crippen molar-refractivity contribution < 1.29 is 9.59 Å². The average molecular weight is 212 g/mol. The Bertz CT molecular complexity index is 406. The second-order valence-corrected chi connectivity index (χ2v) is 2.91. The molecule has 0 aliphatic rings. The first-order chi connectivity index (χ1) is 7.09. The Balaban J connectivity index is 2.31. The van der Waals surface area contributed by atoms with Crippen LogP contribution in [0.15, 0.2) is 10.9 Å². The fraction of sp³-hybridized carbons (Fsp3) is 0.375. The average Bonchev–Trinajstić information content (AvgIpc) is 2.59. The largest absolute Gasteiger partial charge is 0.355 e. The Morgan fingerprint density at radius 1 is 1.27 bits per heavy atom. The molecule has 0 saturated heterocycles. The number of carbonyl (C=O) groups excluding carboxylic acids is 2. The van der Waals surface area contributed by atoms with Gasteiger partial charge >= 0.3 is 0 Å². The molecule has 0 spiro atoms. The van der Waals surface area contributed by atoms with E-state index >= 15 is 0 Å². The first kappa shape index (κ1) is 11.0. The minimum atomic E-state index is -0.390. The van der Waals surface area contributed by atoms with Crippen molar-refractivity contribution in [3.63, 3.8) is 0 Å². The summed E-state index contributed by atoms with van der Waals surface area (Å²) in [6.45, 7) is 2.06. The number of rotatable bonds is 4. The SMILES string of the molecule is CC(=O)NCCNC(=O)c1cc(=O)[nH][nH]1. The van der Waals surface area contributed by atoms with E-state index in [9.17, 15) is 14.4 Å². The molecule has 0 aromatic carbocycles. The van der Waals surface area contributed by atoms with Crippen LogP contribution in [0.3, 0.4) is 0 Å². The summed E-state index contributed by atoms with van der Waals surface area (Å²) in [5.74, 6) is -0.544. The van der Waals surface area contributed by atoms with Gasteiger partial charge in [0.1, 0.15) is 5.69 Å². The second-order valence-electron chi connectivity index (χ2n) is 2.91. The number of hydrogen-bond donors (Lipinski definition) is 4. The molecule has 0 atom stereocenters. The van der Waals surface area contributed by atoms with Gasteiger partial charge in [-0.1, -0.05) is 0 Å². The third-order valence-corrected chi connectivity index (χ3v) is 1.62. The zero-order valence-corrected chi connectivity index (χ0v) is 8.22. The minimum Gasteiger partial charge on any atom is -0.355 e. The van der Waals surface area contributed by atoms with Gasteiger partial charge < -0.3 is 10.6 Å². The van der Waals surface area contributed by atoms with Gasteiger partial charge in [-0.05, 0) is 0 Å². The highest BCUT2D eigenvalue weighted by Crippen LogP contribution is 1.85. The van der Waals surface area contributed by atoms with Crippen molar-refractivity contribution in [2.75, 3.05) is 13.1 Å². The predicted molar refractivity (Wildman–Crippen MR) is 52.4 cm³/mol. The molecular weight excluding hydrogens is 200 g/mol. The number of carbonyl (C=O) groups is 2. The highest BCUT2D eigenvalue weighted by atomic mass is 16.2. The molecule has 0 aliphatic heterocycles. The van der Waals surface area contributed by atoms with Crippen LogP contribution in [0, 0.1) is 0 Å². The molecule has 2 amide bonds. The summed E-state index contributed by atoms with van der Waals surface area (Å²) in [4.78, 5) is 32.5. The van der Waals surface area contributed by atoms with Gasteiger partial charge in [-0.25, -0.2) is 0 Å². The number of nitrogens with one attached hydrogen (secondary N) is 4. The molecule has 7 heteroatoms. The Morgan fingerprint density at radius 3 is 2.47 bits per heavy atom. The monoisotopic (exact) mass is 212 g/mol. The van der Waals surface area contributed by atoms with E-state index in [1.807, 2.05) is 0 Å². The molecule has 1 aromatic rings. The van der Waals surface area contributed by atoms with Crippen LogP contribution in [-0.4, -0.2) is 35.1 Å². The summed E-state index contributed by atoms with van der Waals surface area (Å²) in [5, 5.41) is 9.71. The molecule has 0 unspecified atom stereocenters. The highest BCUT2D eigenvalue weighted by molar-refractivity contribution is 5.92. The summed E-state index contributed by atoms with van der Waals surface area (Å²) in [7, 11) is 0. The fourth-order valence-electron chi connectivity index (χ4n) is 0.964. The van der Waals surface area contributed by atoms with Gasteiger partial charge in [-0.15, -0.1) is 0 Å². The number of aromatic nitrogens is 2. The van der Waals surface area contributed by atoms with Gasteiger partial charge in [0, 0.05) is 26.1 Å². The summed E-state index contributed by atoms with van der Waals surface area (Å²) in [6.07, 6.45) is 0. The van der Waals surface area contributed by atoms with Gasteiger partial charge in [0.15, 0.2) is 0 Å². The molecule has 1 aromatic heterocycles. The van der Waals surface area contributed by atoms with Gasteiger partial charge in [0.2, 0.25) is 5.91 Å². The minimum absolute atomic E-state index is 0.153. The van der Waals surface area contributed by atoms with E-state index in [0.29, 0.717) is 13.1 Å². The maximum Gasteiger partial charge on any atom is 0.269 e. The first-order valence-electron chi connectivity index (χ1n) is 4.40. The lowest BCUT2D eigenvalue weighted by atomic mass is 10.4. The number of amides is 2. The van der Waals surface area contributed by atoms with Crippen LogP contribution in [0.1, 0.15) is 17.4 Å². The van der Waals surface area contributed by atoms with Crippen molar-refractivity contribution in [2.45, 2.75) is 6.92 Å². The molecule has 1 heterocycles. The van der Waals surface area contributed by atoms with Crippen molar-refractivity contribution in [3.8, 4) is 0 Å². The second kappa shape index (κ2) is 4.99. The van der Waals surface area contributed by atoms with Crippen molar-refractivity contribution in [1.82, 2.24) is 20.8 Å². The molecule has 82 valence electrons. The zero-order chi connectivity index (χ0) is 11.3. The van der Waals surface area contributed by atoms with Gasteiger partial charge in [-0.2, -0.15) is 0 Å². The Morgan fingerprint density at radius 2 is 1.93 bits per heavy atom. The molecule has 1 rings (SSSR count). The van der Waals surface area contributed by atoms with Crippen LogP contribution < -0.4 is 16.2 Å². The standard InChI is InChI=1S/C8H12N4O3/c1-5(13)9-2-3-10-8(15)6-4-7(14)12-11-6/h4H,2-3H2,1H3,(H,9,13)(H,10,15)(H2,11,12,14). The normalized spacial score (nSPS) is 9.67. The van der Waals surface area contributed by atoms with Crippen LogP contribution in [0.25, 0.3) is 0 Å². The third kappa shape index (κ3) is 3.67. The maximum absolute atomic E-state index is 11.3. The van der Waals surface area contributed by atoms with Gasteiger partial charge in [0.25, 0.3) is 11.5 Å². The summed E-state index contributed by atoms with van der Waals surface area (Å²) >= 11 is 0. The maximum atomic E-state index is 11.3. The van der Waals surface area contributed by atoms with E-state index in [4.69, 9.17) is 0 Å². The summed E-state index contributed by atoms with van der Waals surface area (Å²) in [6, 6.07) is 1.16. The van der Waals surface area contributed by atoms with Crippen molar-refractivity contribution in [2.24, 2.45) is 0 Å². The van der Waals surface area contributed by atoms with E-state index in [2.05, 4.69) is 20.8 Å². The smallest absolute Gasteiger partial charge is 0.269 e. The van der Waals surface area contributed by atoms with Crippen LogP contribution in [0.5, 0.6) is 0 Å². The summed E-state index contributed by atoms with van der Waals surface area (Å²) < 4.78 is 0. The Labute approximate surface area is 85.2 Å². The van der Waals surface area contributed by atoms with E-state index in [0.717, 1.165) is 6.07 Å². The lowest BCUT2D eigenvalue weighted by Gasteiger charge is -2.03. The van der Waals surface area contributed by atoms with E-state index in [1.165, 1.54) is 6.92 Å². The molecule has 0 bridgehead atoms. The Hall–Kier alpha value is -2.05. The predicted octanol–water partition coefficient (Wildman–Crippen LogP) is -1.43. The number of H-pyrrole nitrogens is 2. The van der Waals surface area contributed by atoms with Crippen molar-refractivity contribution in [1.29, 1.82) is 0 Å². The van der Waals surface area contributed by atoms with Gasteiger partial charge in [-0.3, -0.25) is 24.6 Å². The molecular formula is C8H12N4O3. The molecule has 0 fully saturated rings. The van der Waals surface area contributed by atoms with Crippen LogP contribution in [-0.2, 0) is 4.79 Å². The van der Waals surface area contributed by atoms with E-state index < -0.39 is 5.91 Å². The van der Waals surface area contributed by atoms with Crippen LogP contribution >= 0.6 is 0 Å². The lowest BCUT2D eigenvalue weighted by molar-refractivity contribution is -0.118. The fourth-order valence-corrected chi connectivity index (χ4v) is 0.964. The number of aromatic amines is 2. The van der Waals surface area contributed by atoms with Gasteiger partial charge in [0.05, 0.1) is 0 Å². The molecule has 7 nitrogen and oxygen atoms in total. The lowest BCUT2D eigenvalue weighted by Crippen LogP contribution is -2.33. The molecule has 0 radical (unpaired) electrons. The Kier molecular flexibility index (Phi) is 3.67. The molecule has 4 N–H and O–H groups in total. The van der Waals surface area contributed by atoms with Crippen LogP contribution in [0.4, 0.5) is 0 Å². The third-order valence-electron chi connectivity index (χ3n) is 1.62. The van der Waals surface area contributed by atoms with Crippen molar-refractivity contribution >= 4 is 11.8 Å². The molecule has 15 heavy (non-hydrogen) atoms.